The van der Waals surface area contributed by atoms with Crippen molar-refractivity contribution in [2.24, 2.45) is 0 Å². The molecule has 1 aliphatic rings. The molecule has 0 spiro atoms. The van der Waals surface area contributed by atoms with Gasteiger partial charge in [-0.15, -0.1) is 0 Å². The molecule has 1 aromatic rings. The molecule has 1 aromatic carbocycles. The molecule has 104 valence electrons. The molecule has 1 heterocycles. The summed E-state index contributed by atoms with van der Waals surface area (Å²) in [5.41, 5.74) is 6.76. The van der Waals surface area contributed by atoms with E-state index in [2.05, 4.69) is 5.32 Å². The van der Waals surface area contributed by atoms with Crippen LogP contribution in [0, 0.1) is 5.82 Å². The van der Waals surface area contributed by atoms with E-state index in [0.717, 1.165) is 25.9 Å². The average Bonchev–Trinajstić information content (AvgIpc) is 2.43. The Kier molecular flexibility index (Phi) is 4.60. The van der Waals surface area contributed by atoms with Crippen molar-refractivity contribution in [3.63, 3.8) is 0 Å². The van der Waals surface area contributed by atoms with Gasteiger partial charge in [0, 0.05) is 26.1 Å². The van der Waals surface area contributed by atoms with Crippen LogP contribution in [0.25, 0.3) is 0 Å². The molecule has 0 bridgehead atoms. The summed E-state index contributed by atoms with van der Waals surface area (Å²) in [5.74, 6) is -0.179. The van der Waals surface area contributed by atoms with Crippen molar-refractivity contribution >= 4 is 17.3 Å². The minimum atomic E-state index is -0.334. The molecule has 1 amide bonds. The maximum absolute atomic E-state index is 13.1. The number of nitrogen functional groups attached to an aromatic ring is 1. The lowest BCUT2D eigenvalue weighted by molar-refractivity contribution is -0.131. The molecular weight excluding hydrogens is 245 g/mol. The largest absolute Gasteiger partial charge is 0.397 e. The van der Waals surface area contributed by atoms with Crippen LogP contribution in [0.1, 0.15) is 25.7 Å². The monoisotopic (exact) mass is 265 g/mol. The van der Waals surface area contributed by atoms with Crippen molar-refractivity contribution in [2.45, 2.75) is 25.7 Å². The van der Waals surface area contributed by atoms with E-state index in [9.17, 15) is 9.18 Å². The second-order valence-corrected chi connectivity index (χ2v) is 4.85. The van der Waals surface area contributed by atoms with E-state index in [4.69, 9.17) is 5.73 Å². The Morgan fingerprint density at radius 3 is 2.79 bits per heavy atom. The quantitative estimate of drug-likeness (QED) is 0.821. The molecule has 2 rings (SSSR count). The Morgan fingerprint density at radius 1 is 1.32 bits per heavy atom. The summed E-state index contributed by atoms with van der Waals surface area (Å²) < 4.78 is 13.1. The fourth-order valence-corrected chi connectivity index (χ4v) is 2.29. The summed E-state index contributed by atoms with van der Waals surface area (Å²) in [6.07, 6.45) is 3.81. The smallest absolute Gasteiger partial charge is 0.224 e. The number of rotatable bonds is 4. The summed E-state index contributed by atoms with van der Waals surface area (Å²) in [4.78, 5) is 13.8. The Morgan fingerprint density at radius 2 is 2.05 bits per heavy atom. The number of nitrogens with two attached hydrogens (primary N) is 1. The van der Waals surface area contributed by atoms with Crippen LogP contribution in [0.2, 0.25) is 0 Å². The molecule has 19 heavy (non-hydrogen) atoms. The third kappa shape index (κ3) is 3.84. The van der Waals surface area contributed by atoms with Crippen LogP contribution in [0.5, 0.6) is 0 Å². The number of hydrogen-bond donors (Lipinski definition) is 2. The van der Waals surface area contributed by atoms with Crippen molar-refractivity contribution < 1.29 is 9.18 Å². The van der Waals surface area contributed by atoms with Gasteiger partial charge in [-0.05, 0) is 37.5 Å². The normalized spacial score (nSPS) is 15.3. The number of amides is 1. The van der Waals surface area contributed by atoms with Gasteiger partial charge in [0.05, 0.1) is 11.4 Å². The number of nitrogens with zero attached hydrogens (tertiary/aromatic N) is 1. The first kappa shape index (κ1) is 13.6. The number of carbonyl (C=O) groups excluding carboxylic acids is 1. The van der Waals surface area contributed by atoms with E-state index in [1.807, 2.05) is 4.90 Å². The third-order valence-electron chi connectivity index (χ3n) is 3.38. The molecule has 1 fully saturated rings. The van der Waals surface area contributed by atoms with Gasteiger partial charge in [0.1, 0.15) is 5.82 Å². The van der Waals surface area contributed by atoms with Gasteiger partial charge in [-0.2, -0.15) is 0 Å². The first-order valence-corrected chi connectivity index (χ1v) is 6.73. The van der Waals surface area contributed by atoms with Gasteiger partial charge in [0.15, 0.2) is 0 Å². The van der Waals surface area contributed by atoms with Crippen LogP contribution in [0.3, 0.4) is 0 Å². The standard InChI is InChI=1S/C14H20FN3O/c15-11-4-5-12(16)13(10-11)17-7-6-14(19)18-8-2-1-3-9-18/h4-5,10,17H,1-3,6-9,16H2. The first-order chi connectivity index (χ1) is 9.16. The number of halogens is 1. The lowest BCUT2D eigenvalue weighted by Gasteiger charge is -2.26. The molecule has 0 aliphatic carbocycles. The van der Waals surface area contributed by atoms with Crippen LogP contribution < -0.4 is 11.1 Å². The van der Waals surface area contributed by atoms with Gasteiger partial charge >= 0.3 is 0 Å². The van der Waals surface area contributed by atoms with E-state index >= 15 is 0 Å². The SMILES string of the molecule is Nc1ccc(F)cc1NCCC(=O)N1CCCCC1. The minimum absolute atomic E-state index is 0.155. The summed E-state index contributed by atoms with van der Waals surface area (Å²) in [7, 11) is 0. The summed E-state index contributed by atoms with van der Waals surface area (Å²) in [6.45, 7) is 2.20. The molecule has 0 aromatic heterocycles. The zero-order valence-electron chi connectivity index (χ0n) is 11.0. The van der Waals surface area contributed by atoms with Crippen LogP contribution in [0.15, 0.2) is 18.2 Å². The molecular formula is C14H20FN3O. The van der Waals surface area contributed by atoms with Crippen molar-refractivity contribution in [3.05, 3.63) is 24.0 Å². The number of nitrogens with one attached hydrogen (secondary N) is 1. The Hall–Kier alpha value is -1.78. The zero-order valence-corrected chi connectivity index (χ0v) is 11.0. The van der Waals surface area contributed by atoms with Crippen LogP contribution in [-0.4, -0.2) is 30.4 Å². The summed E-state index contributed by atoms with van der Waals surface area (Å²) >= 11 is 0. The van der Waals surface area contributed by atoms with E-state index in [0.29, 0.717) is 24.3 Å². The molecule has 4 nitrogen and oxygen atoms in total. The van der Waals surface area contributed by atoms with Gasteiger partial charge in [-0.1, -0.05) is 0 Å². The number of likely N-dealkylation sites (tertiary alicyclic amines) is 1. The van der Waals surface area contributed by atoms with E-state index in [1.54, 1.807) is 0 Å². The van der Waals surface area contributed by atoms with E-state index in [-0.39, 0.29) is 11.7 Å². The lowest BCUT2D eigenvalue weighted by atomic mass is 10.1. The highest BCUT2D eigenvalue weighted by Crippen LogP contribution is 2.19. The van der Waals surface area contributed by atoms with Crippen molar-refractivity contribution in [1.29, 1.82) is 0 Å². The highest BCUT2D eigenvalue weighted by Gasteiger charge is 2.15. The zero-order chi connectivity index (χ0) is 13.7. The van der Waals surface area contributed by atoms with Crippen molar-refractivity contribution in [1.82, 2.24) is 4.90 Å². The summed E-state index contributed by atoms with van der Waals surface area (Å²) in [6, 6.07) is 4.18. The fraction of sp³-hybridized carbons (Fsp3) is 0.500. The maximum atomic E-state index is 13.1. The fourth-order valence-electron chi connectivity index (χ4n) is 2.29. The van der Waals surface area contributed by atoms with E-state index < -0.39 is 0 Å². The van der Waals surface area contributed by atoms with Gasteiger partial charge in [-0.25, -0.2) is 4.39 Å². The Balaban J connectivity index is 1.79. The van der Waals surface area contributed by atoms with Crippen molar-refractivity contribution in [3.8, 4) is 0 Å². The first-order valence-electron chi connectivity index (χ1n) is 6.73. The van der Waals surface area contributed by atoms with Gasteiger partial charge in [0.25, 0.3) is 0 Å². The molecule has 0 atom stereocenters. The van der Waals surface area contributed by atoms with Gasteiger partial charge < -0.3 is 16.0 Å². The van der Waals surface area contributed by atoms with Crippen LogP contribution in [0.4, 0.5) is 15.8 Å². The van der Waals surface area contributed by atoms with Crippen LogP contribution in [-0.2, 0) is 4.79 Å². The molecule has 3 N–H and O–H groups in total. The maximum Gasteiger partial charge on any atom is 0.224 e. The molecule has 0 radical (unpaired) electrons. The molecule has 5 heteroatoms. The van der Waals surface area contributed by atoms with E-state index in [1.165, 1.54) is 24.6 Å². The lowest BCUT2D eigenvalue weighted by Crippen LogP contribution is -2.36. The Labute approximate surface area is 112 Å². The molecule has 0 unspecified atom stereocenters. The molecule has 1 aliphatic heterocycles. The number of piperidine rings is 1. The van der Waals surface area contributed by atoms with Crippen LogP contribution >= 0.6 is 0 Å². The molecule has 0 saturated carbocycles. The predicted molar refractivity (Wildman–Crippen MR) is 74.4 cm³/mol. The van der Waals surface area contributed by atoms with Gasteiger partial charge in [0.2, 0.25) is 5.91 Å². The summed E-state index contributed by atoms with van der Waals surface area (Å²) in [5, 5.41) is 3.01. The third-order valence-corrected chi connectivity index (χ3v) is 3.38. The number of anilines is 2. The number of carbonyl (C=O) groups is 1. The van der Waals surface area contributed by atoms with Crippen molar-refractivity contribution in [2.75, 3.05) is 30.7 Å². The topological polar surface area (TPSA) is 58.4 Å². The Bertz CT molecular complexity index is 444. The minimum Gasteiger partial charge on any atom is -0.397 e. The highest BCUT2D eigenvalue weighted by molar-refractivity contribution is 5.77. The van der Waals surface area contributed by atoms with Gasteiger partial charge in [-0.3, -0.25) is 4.79 Å². The predicted octanol–water partition coefficient (Wildman–Crippen LogP) is 2.22. The second-order valence-electron chi connectivity index (χ2n) is 4.85. The average molecular weight is 265 g/mol. The molecule has 1 saturated heterocycles. The second kappa shape index (κ2) is 6.41. The highest BCUT2D eigenvalue weighted by atomic mass is 19.1. The number of hydrogen-bond acceptors (Lipinski definition) is 3. The number of benzene rings is 1.